The van der Waals surface area contributed by atoms with E-state index in [-0.39, 0.29) is 25.0 Å². The summed E-state index contributed by atoms with van der Waals surface area (Å²) in [4.78, 5) is 0. The number of hydrogen-bond donors (Lipinski definition) is 2. The third-order valence-electron chi connectivity index (χ3n) is 4.84. The van der Waals surface area contributed by atoms with Crippen molar-refractivity contribution < 1.29 is 17.9 Å². The maximum Gasteiger partial charge on any atom is 0.391 e. The minimum atomic E-state index is -4.11. The molecule has 3 unspecified atom stereocenters. The van der Waals surface area contributed by atoms with Crippen molar-refractivity contribution in [3.63, 3.8) is 0 Å². The lowest BCUT2D eigenvalue weighted by molar-refractivity contribution is -0.188. The molecule has 1 aliphatic carbocycles. The van der Waals surface area contributed by atoms with Gasteiger partial charge in [-0.2, -0.15) is 13.2 Å². The minimum Gasteiger partial charge on any atom is -0.374 e. The molecule has 3 N–H and O–H groups in total. The van der Waals surface area contributed by atoms with Crippen molar-refractivity contribution in [2.45, 2.75) is 62.8 Å². The maximum absolute atomic E-state index is 12.9. The first kappa shape index (κ1) is 16.0. The van der Waals surface area contributed by atoms with Crippen molar-refractivity contribution in [3.8, 4) is 0 Å². The van der Waals surface area contributed by atoms with E-state index in [1.165, 1.54) is 0 Å². The topological polar surface area (TPSA) is 47.3 Å². The molecule has 2 aliphatic rings. The van der Waals surface area contributed by atoms with Crippen LogP contribution in [0.15, 0.2) is 0 Å². The fraction of sp³-hybridized carbons (Fsp3) is 1.00. The Kier molecular flexibility index (Phi) is 4.66. The number of rotatable bonds is 4. The monoisotopic (exact) mass is 294 g/mol. The molecule has 0 radical (unpaired) electrons. The molecule has 1 saturated heterocycles. The SMILES string of the molecule is CC1(CNC2(CN)CCCC(C(F)(F)F)C2)CCCO1. The molecule has 1 aliphatic heterocycles. The highest BCUT2D eigenvalue weighted by Gasteiger charge is 2.47. The lowest BCUT2D eigenvalue weighted by Gasteiger charge is -2.43. The minimum absolute atomic E-state index is 0.0864. The Hall–Kier alpha value is -0.330. The molecule has 20 heavy (non-hydrogen) atoms. The summed E-state index contributed by atoms with van der Waals surface area (Å²) in [7, 11) is 0. The van der Waals surface area contributed by atoms with Crippen molar-refractivity contribution >= 4 is 0 Å². The van der Waals surface area contributed by atoms with Gasteiger partial charge in [0.1, 0.15) is 0 Å². The Morgan fingerprint density at radius 1 is 1.30 bits per heavy atom. The van der Waals surface area contributed by atoms with Gasteiger partial charge in [0, 0.05) is 25.2 Å². The van der Waals surface area contributed by atoms with Gasteiger partial charge in [-0.3, -0.25) is 0 Å². The van der Waals surface area contributed by atoms with E-state index in [2.05, 4.69) is 5.32 Å². The molecule has 0 bridgehead atoms. The van der Waals surface area contributed by atoms with Crippen LogP contribution in [-0.2, 0) is 4.74 Å². The van der Waals surface area contributed by atoms with Gasteiger partial charge in [0.25, 0.3) is 0 Å². The number of alkyl halides is 3. The average Bonchev–Trinajstić information content (AvgIpc) is 2.83. The summed E-state index contributed by atoms with van der Waals surface area (Å²) in [6.07, 6.45) is -0.555. The summed E-state index contributed by atoms with van der Waals surface area (Å²) in [6.45, 7) is 3.57. The summed E-state index contributed by atoms with van der Waals surface area (Å²) < 4.78 is 44.5. The van der Waals surface area contributed by atoms with Gasteiger partial charge in [-0.25, -0.2) is 0 Å². The van der Waals surface area contributed by atoms with Gasteiger partial charge < -0.3 is 15.8 Å². The third kappa shape index (κ3) is 3.65. The van der Waals surface area contributed by atoms with Crippen molar-refractivity contribution in [2.24, 2.45) is 11.7 Å². The highest BCUT2D eigenvalue weighted by atomic mass is 19.4. The number of nitrogens with one attached hydrogen (secondary N) is 1. The van der Waals surface area contributed by atoms with E-state index in [0.717, 1.165) is 19.4 Å². The van der Waals surface area contributed by atoms with Crippen LogP contribution in [0.3, 0.4) is 0 Å². The Bertz CT molecular complexity index is 329. The maximum atomic E-state index is 12.9. The average molecular weight is 294 g/mol. The summed E-state index contributed by atoms with van der Waals surface area (Å²) in [5.41, 5.74) is 4.95. The molecular formula is C14H25F3N2O. The number of hydrogen-bond acceptors (Lipinski definition) is 3. The molecule has 0 aromatic carbocycles. The molecule has 1 saturated carbocycles. The molecule has 0 aromatic heterocycles. The Balaban J connectivity index is 1.98. The van der Waals surface area contributed by atoms with Gasteiger partial charge in [-0.1, -0.05) is 6.42 Å². The molecule has 3 nitrogen and oxygen atoms in total. The normalized spacial score (nSPS) is 39.1. The van der Waals surface area contributed by atoms with Crippen LogP contribution < -0.4 is 11.1 Å². The predicted molar refractivity (Wildman–Crippen MR) is 71.4 cm³/mol. The second-order valence-corrected chi connectivity index (χ2v) is 6.57. The van der Waals surface area contributed by atoms with Crippen molar-refractivity contribution in [1.82, 2.24) is 5.32 Å². The van der Waals surface area contributed by atoms with E-state index in [1.54, 1.807) is 0 Å². The number of halogens is 3. The summed E-state index contributed by atoms with van der Waals surface area (Å²) in [5.74, 6) is -1.23. The lowest BCUT2D eigenvalue weighted by Crippen LogP contribution is -2.58. The molecular weight excluding hydrogens is 269 g/mol. The second-order valence-electron chi connectivity index (χ2n) is 6.57. The fourth-order valence-corrected chi connectivity index (χ4v) is 3.41. The zero-order valence-corrected chi connectivity index (χ0v) is 12.1. The van der Waals surface area contributed by atoms with Crippen molar-refractivity contribution in [1.29, 1.82) is 0 Å². The van der Waals surface area contributed by atoms with Crippen LogP contribution in [0, 0.1) is 5.92 Å². The van der Waals surface area contributed by atoms with Crippen LogP contribution in [0.25, 0.3) is 0 Å². The van der Waals surface area contributed by atoms with Gasteiger partial charge in [-0.15, -0.1) is 0 Å². The smallest absolute Gasteiger partial charge is 0.374 e. The van der Waals surface area contributed by atoms with E-state index in [0.29, 0.717) is 19.4 Å². The van der Waals surface area contributed by atoms with Crippen LogP contribution in [0.5, 0.6) is 0 Å². The van der Waals surface area contributed by atoms with Crippen molar-refractivity contribution in [3.05, 3.63) is 0 Å². The van der Waals surface area contributed by atoms with Crippen LogP contribution in [0.2, 0.25) is 0 Å². The quantitative estimate of drug-likeness (QED) is 0.838. The molecule has 2 rings (SSSR count). The van der Waals surface area contributed by atoms with E-state index in [9.17, 15) is 13.2 Å². The first-order valence-corrected chi connectivity index (χ1v) is 7.44. The molecule has 118 valence electrons. The van der Waals surface area contributed by atoms with E-state index < -0.39 is 17.6 Å². The fourth-order valence-electron chi connectivity index (χ4n) is 3.41. The van der Waals surface area contributed by atoms with Crippen molar-refractivity contribution in [2.75, 3.05) is 19.7 Å². The summed E-state index contributed by atoms with van der Waals surface area (Å²) in [6, 6.07) is 0. The molecule has 0 spiro atoms. The lowest BCUT2D eigenvalue weighted by atomic mass is 9.75. The van der Waals surface area contributed by atoms with Crippen LogP contribution >= 0.6 is 0 Å². The van der Waals surface area contributed by atoms with Crippen LogP contribution in [0.4, 0.5) is 13.2 Å². The van der Waals surface area contributed by atoms with Gasteiger partial charge in [0.05, 0.1) is 11.5 Å². The molecule has 0 aromatic rings. The van der Waals surface area contributed by atoms with E-state index in [4.69, 9.17) is 10.5 Å². The van der Waals surface area contributed by atoms with E-state index in [1.807, 2.05) is 6.92 Å². The Morgan fingerprint density at radius 3 is 2.60 bits per heavy atom. The zero-order valence-electron chi connectivity index (χ0n) is 12.1. The third-order valence-corrected chi connectivity index (χ3v) is 4.84. The largest absolute Gasteiger partial charge is 0.391 e. The predicted octanol–water partition coefficient (Wildman–Crippen LogP) is 2.60. The standard InChI is InChI=1S/C14H25F3N2O/c1-12(5-3-7-20-12)10-19-13(9-18)6-2-4-11(8-13)14(15,16)17/h11,19H,2-10,18H2,1H3. The molecule has 2 fully saturated rings. The molecule has 3 atom stereocenters. The van der Waals surface area contributed by atoms with Crippen LogP contribution in [-0.4, -0.2) is 37.0 Å². The Labute approximate surface area is 118 Å². The summed E-state index contributed by atoms with van der Waals surface area (Å²) >= 11 is 0. The second kappa shape index (κ2) is 5.81. The van der Waals surface area contributed by atoms with Crippen LogP contribution in [0.1, 0.15) is 45.4 Å². The highest BCUT2D eigenvalue weighted by Crippen LogP contribution is 2.41. The van der Waals surface area contributed by atoms with Gasteiger partial charge in [-0.05, 0) is 39.0 Å². The Morgan fingerprint density at radius 2 is 2.05 bits per heavy atom. The zero-order chi connectivity index (χ0) is 14.9. The summed E-state index contributed by atoms with van der Waals surface area (Å²) in [5, 5.41) is 3.32. The number of ether oxygens (including phenoxy) is 1. The first-order valence-electron chi connectivity index (χ1n) is 7.44. The van der Waals surface area contributed by atoms with Gasteiger partial charge >= 0.3 is 6.18 Å². The highest BCUT2D eigenvalue weighted by molar-refractivity contribution is 4.98. The van der Waals surface area contributed by atoms with Gasteiger partial charge in [0.15, 0.2) is 0 Å². The molecule has 0 amide bonds. The van der Waals surface area contributed by atoms with Gasteiger partial charge in [0.2, 0.25) is 0 Å². The van der Waals surface area contributed by atoms with E-state index >= 15 is 0 Å². The molecule has 1 heterocycles. The number of nitrogens with two attached hydrogens (primary N) is 1. The molecule has 6 heteroatoms. The first-order chi connectivity index (χ1) is 9.29.